The summed E-state index contributed by atoms with van der Waals surface area (Å²) in [5.41, 5.74) is 1.81. The van der Waals surface area contributed by atoms with E-state index in [1.165, 1.54) is 91.9 Å². The van der Waals surface area contributed by atoms with Crippen molar-refractivity contribution in [3.63, 3.8) is 0 Å². The van der Waals surface area contributed by atoms with Crippen LogP contribution in [0.4, 0.5) is 0 Å². The Kier molecular flexibility index (Phi) is 35.2. The van der Waals surface area contributed by atoms with Gasteiger partial charge in [0.15, 0.2) is 0 Å². The molecule has 0 spiro atoms. The molecule has 111 heavy (non-hydrogen) atoms. The van der Waals surface area contributed by atoms with Gasteiger partial charge in [-0.2, -0.15) is 0 Å². The van der Waals surface area contributed by atoms with Gasteiger partial charge in [0, 0.05) is 88.7 Å². The quantitative estimate of drug-likeness (QED) is 0.100. The molecule has 2 aliphatic rings. The van der Waals surface area contributed by atoms with Crippen LogP contribution in [0.2, 0.25) is 0 Å². The molecule has 0 saturated carbocycles. The molecular formula is C82H124N14O15. The van der Waals surface area contributed by atoms with E-state index in [4.69, 9.17) is 0 Å². The second-order valence-electron chi connectivity index (χ2n) is 31.4. The topological polar surface area (TPSA) is 349 Å². The number of nitrogens with zero attached hydrogens (tertiary/aromatic N) is 9. The Hall–Kier alpha value is -9.80. The third kappa shape index (κ3) is 25.1. The molecule has 29 heteroatoms. The summed E-state index contributed by atoms with van der Waals surface area (Å²) in [5.74, 6) is -12.7. The Labute approximate surface area is 656 Å². The predicted octanol–water partition coefficient (Wildman–Crippen LogP) is 3.04. The molecule has 14 atom stereocenters. The molecule has 29 nitrogen and oxygen atoms in total. The van der Waals surface area contributed by atoms with Gasteiger partial charge in [-0.3, -0.25) is 67.1 Å². The number of piperidine rings is 1. The van der Waals surface area contributed by atoms with Crippen LogP contribution in [0.1, 0.15) is 145 Å². The third-order valence-electron chi connectivity index (χ3n) is 21.6. The summed E-state index contributed by atoms with van der Waals surface area (Å²) < 4.78 is 0. The maximum absolute atomic E-state index is 15.7. The number of carbonyl (C=O) groups excluding carboxylic acids is 14. The number of nitrogens with one attached hydrogen (secondary N) is 5. The summed E-state index contributed by atoms with van der Waals surface area (Å²) in [6.45, 7) is 20.1. The lowest BCUT2D eigenvalue weighted by atomic mass is 9.94. The van der Waals surface area contributed by atoms with E-state index in [2.05, 4.69) is 26.6 Å². The van der Waals surface area contributed by atoms with Gasteiger partial charge in [-0.15, -0.1) is 0 Å². The average molecular weight is 1550 g/mol. The minimum absolute atomic E-state index is 0.0361. The zero-order chi connectivity index (χ0) is 83.2. The molecule has 0 radical (unpaired) electrons. The summed E-state index contributed by atoms with van der Waals surface area (Å²) in [6.07, 6.45) is 0.0856. The van der Waals surface area contributed by atoms with Crippen molar-refractivity contribution in [1.29, 1.82) is 0 Å². The van der Waals surface area contributed by atoms with Gasteiger partial charge in [-0.1, -0.05) is 153 Å². The molecule has 0 bridgehead atoms. The molecule has 3 aromatic rings. The Bertz CT molecular complexity index is 3690. The molecule has 6 N–H and O–H groups in total. The van der Waals surface area contributed by atoms with Crippen LogP contribution < -0.4 is 26.6 Å². The van der Waals surface area contributed by atoms with E-state index in [1.54, 1.807) is 131 Å². The Balaban J connectivity index is 1.71. The largest absolute Gasteiger partial charge is 0.391 e. The SMILES string of the molecule is CC[C@H](C)[C@@H]1NC(=O)[C@H](CC(C)C)N(C)C(=O)[C@H](C(C)C)N(C)C(=O)[C@H](Cc2ccccc2)N(C)C(=O)[C@H](CC(C)C)NC(=O)[C@H](C)N(C)C(=O)[C@H](C)N(C)C(=O)[C@H]([C@@H](C)O)NC(=O)[C@H](Cc2ccccc2)N(C)C(=O)CN(C)C(=O)C[C@@H](C(=O)N(C)[C@@H](Cc2ccccc2)C(=O)N[C@@H](C)C(=O)N2CCCCC2)NC1=O. The van der Waals surface area contributed by atoms with Crippen molar-refractivity contribution in [2.24, 2.45) is 23.7 Å². The highest BCUT2D eigenvalue weighted by atomic mass is 16.3. The van der Waals surface area contributed by atoms with Gasteiger partial charge in [0.1, 0.15) is 72.5 Å². The molecular weight excluding hydrogens is 1420 g/mol. The summed E-state index contributed by atoms with van der Waals surface area (Å²) >= 11 is 0. The van der Waals surface area contributed by atoms with Gasteiger partial charge in [0.2, 0.25) is 82.7 Å². The average Bonchev–Trinajstić information content (AvgIpc) is 0.745. The first-order valence-corrected chi connectivity index (χ1v) is 38.9. The molecule has 3 aromatic carbocycles. The van der Waals surface area contributed by atoms with Crippen molar-refractivity contribution in [2.45, 2.75) is 226 Å². The van der Waals surface area contributed by atoms with Crippen LogP contribution in [0, 0.1) is 23.7 Å². The van der Waals surface area contributed by atoms with Crippen molar-refractivity contribution in [1.82, 2.24) is 70.7 Å². The summed E-state index contributed by atoms with van der Waals surface area (Å²) in [7, 11) is 10.8. The van der Waals surface area contributed by atoms with Crippen LogP contribution in [0.5, 0.6) is 0 Å². The van der Waals surface area contributed by atoms with Crippen LogP contribution in [-0.4, -0.2) is 287 Å². The Morgan fingerprint density at radius 2 is 1.01 bits per heavy atom. The number of likely N-dealkylation sites (tertiary alicyclic amines) is 1. The molecule has 0 aromatic heterocycles. The standard InChI is InChI=1S/C82H124N14O15/c1-21-52(8)68-75(104)85-61(79(108)92(17)64(45-58-36-28-23-29-37-58)72(101)83-53(9)76(105)96-40-32-25-33-41-96)47-66(98)88(13)48-67(99)91(16)63(44-57-34-26-22-27-35-57)74(103)87-69(56(12)97)81(110)90(15)55(11)77(106)89(14)54(10)71(100)84-60(42-49(2)3)78(107)94(19)65(46-59-38-30-24-31-39-59)80(109)95(20)70(51(6)7)82(111)93(18)62(43-50(4)5)73(102)86-68/h22-24,26-31,34-39,49-56,60-65,68-70,97H,21,25,32-33,40-48H2,1-20H3,(H,83,101)(H,84,100)(H,85,104)(H,86,102)(H,87,103)/t52-,53-,54-,55-,56+,60-,61-,62-,63-,64-,65-,68-,69-,70-/m0/s1. The predicted molar refractivity (Wildman–Crippen MR) is 421 cm³/mol. The van der Waals surface area contributed by atoms with Crippen LogP contribution in [0.25, 0.3) is 0 Å². The second kappa shape index (κ2) is 42.6. The minimum Gasteiger partial charge on any atom is -0.391 e. The van der Waals surface area contributed by atoms with Gasteiger partial charge < -0.3 is 75.8 Å². The fourth-order valence-corrected chi connectivity index (χ4v) is 14.0. The van der Waals surface area contributed by atoms with Crippen LogP contribution in [0.3, 0.4) is 0 Å². The zero-order valence-electron chi connectivity index (χ0n) is 68.9. The number of carbonyl (C=O) groups is 14. The maximum atomic E-state index is 15.7. The van der Waals surface area contributed by atoms with Crippen molar-refractivity contribution in [3.05, 3.63) is 108 Å². The second-order valence-corrected chi connectivity index (χ2v) is 31.4. The smallest absolute Gasteiger partial charge is 0.248 e. The summed E-state index contributed by atoms with van der Waals surface area (Å²) in [4.78, 5) is 220. The summed E-state index contributed by atoms with van der Waals surface area (Å²) in [6, 6.07) is 9.40. The van der Waals surface area contributed by atoms with Crippen molar-refractivity contribution >= 4 is 82.7 Å². The fourth-order valence-electron chi connectivity index (χ4n) is 14.0. The van der Waals surface area contributed by atoms with Crippen molar-refractivity contribution in [2.75, 3.05) is 76.0 Å². The number of amides is 14. The number of hydrogen-bond donors (Lipinski definition) is 6. The fraction of sp³-hybridized carbons (Fsp3) is 0.610. The summed E-state index contributed by atoms with van der Waals surface area (Å²) in [5, 5.41) is 25.2. The lowest BCUT2D eigenvalue weighted by Crippen LogP contribution is -2.63. The number of rotatable bonds is 19. The Morgan fingerprint density at radius 1 is 0.514 bits per heavy atom. The van der Waals surface area contributed by atoms with Gasteiger partial charge in [-0.05, 0) is 100 Å². The van der Waals surface area contributed by atoms with Gasteiger partial charge >= 0.3 is 0 Å². The highest BCUT2D eigenvalue weighted by molar-refractivity contribution is 6.01. The number of likely N-dealkylation sites (N-methyl/N-ethyl adjacent to an activating group) is 8. The number of benzene rings is 3. The molecule has 5 rings (SSSR count). The van der Waals surface area contributed by atoms with Gasteiger partial charge in [0.25, 0.3) is 0 Å². The lowest BCUT2D eigenvalue weighted by Gasteiger charge is -2.40. The van der Waals surface area contributed by atoms with Crippen LogP contribution in [-0.2, 0) is 86.4 Å². The van der Waals surface area contributed by atoms with E-state index >= 15 is 33.6 Å². The molecule has 14 amide bonds. The van der Waals surface area contributed by atoms with E-state index in [0.29, 0.717) is 29.8 Å². The van der Waals surface area contributed by atoms with E-state index in [9.17, 15) is 38.7 Å². The van der Waals surface area contributed by atoms with E-state index in [1.807, 2.05) is 27.7 Å². The van der Waals surface area contributed by atoms with Crippen LogP contribution in [0.15, 0.2) is 91.0 Å². The van der Waals surface area contributed by atoms with Gasteiger partial charge in [0.05, 0.1) is 19.1 Å². The molecule has 2 aliphatic heterocycles. The first-order valence-electron chi connectivity index (χ1n) is 38.9. The first-order chi connectivity index (χ1) is 52.1. The molecule has 2 heterocycles. The van der Waals surface area contributed by atoms with E-state index < -0.39 is 180 Å². The number of aliphatic hydroxyl groups is 1. The van der Waals surface area contributed by atoms with E-state index in [-0.39, 0.29) is 56.3 Å². The zero-order valence-corrected chi connectivity index (χ0v) is 68.9. The highest BCUT2D eigenvalue weighted by Crippen LogP contribution is 2.25. The first kappa shape index (κ1) is 91.8. The van der Waals surface area contributed by atoms with Crippen LogP contribution >= 0.6 is 0 Å². The number of hydrogen-bond acceptors (Lipinski definition) is 15. The number of aliphatic hydroxyl groups excluding tert-OH is 1. The highest BCUT2D eigenvalue weighted by Gasteiger charge is 2.45. The van der Waals surface area contributed by atoms with Crippen molar-refractivity contribution in [3.8, 4) is 0 Å². The monoisotopic (exact) mass is 1540 g/mol. The molecule has 612 valence electrons. The molecule has 2 fully saturated rings. The maximum Gasteiger partial charge on any atom is 0.248 e. The molecule has 0 unspecified atom stereocenters. The van der Waals surface area contributed by atoms with Crippen molar-refractivity contribution < 1.29 is 72.2 Å². The molecule has 0 aliphatic carbocycles. The van der Waals surface area contributed by atoms with E-state index in [0.717, 1.165) is 43.8 Å². The minimum atomic E-state index is -1.85. The lowest BCUT2D eigenvalue weighted by molar-refractivity contribution is -0.154. The Morgan fingerprint density at radius 3 is 1.52 bits per heavy atom. The normalized spacial score (nSPS) is 24.4. The van der Waals surface area contributed by atoms with Gasteiger partial charge in [-0.25, -0.2) is 0 Å². The third-order valence-corrected chi connectivity index (χ3v) is 21.6. The molecule has 2 saturated heterocycles.